The fourth-order valence-electron chi connectivity index (χ4n) is 2.58. The Morgan fingerprint density at radius 2 is 1.81 bits per heavy atom. The van der Waals surface area contributed by atoms with Crippen LogP contribution in [-0.4, -0.2) is 42.5 Å². The number of hydrogen-bond acceptors (Lipinski definition) is 7. The van der Waals surface area contributed by atoms with Gasteiger partial charge in [0.15, 0.2) is 6.61 Å². The quantitative estimate of drug-likeness (QED) is 0.317. The molecule has 164 valence electrons. The van der Waals surface area contributed by atoms with Crippen molar-refractivity contribution in [3.05, 3.63) is 64.2 Å². The van der Waals surface area contributed by atoms with Gasteiger partial charge in [0.25, 0.3) is 11.6 Å². The van der Waals surface area contributed by atoms with Crippen molar-refractivity contribution in [3.8, 4) is 5.75 Å². The molecule has 0 unspecified atom stereocenters. The molecule has 0 atom stereocenters. The molecule has 0 aliphatic rings. The standard InChI is InChI=1S/C21H23N3O7/c1-2-30-16-8-9-17(18(13-16)24(28)29)23-20(26)14-31-21(27)10-11-22-19(25)12-15-6-4-3-5-7-15/h3-9,13H,2,10-12,14H2,1H3,(H,22,25)(H,23,26). The Kier molecular flexibility index (Phi) is 8.96. The van der Waals surface area contributed by atoms with Crippen LogP contribution in [0, 0.1) is 10.1 Å². The zero-order valence-electron chi connectivity index (χ0n) is 17.0. The number of rotatable bonds is 11. The van der Waals surface area contributed by atoms with Crippen LogP contribution in [0.15, 0.2) is 48.5 Å². The van der Waals surface area contributed by atoms with E-state index in [0.29, 0.717) is 12.4 Å². The SMILES string of the molecule is CCOc1ccc(NC(=O)COC(=O)CCNC(=O)Cc2ccccc2)c([N+](=O)[O-])c1. The number of esters is 1. The maximum Gasteiger partial charge on any atom is 0.308 e. The van der Waals surface area contributed by atoms with Gasteiger partial charge in [-0.25, -0.2) is 0 Å². The first-order chi connectivity index (χ1) is 14.9. The van der Waals surface area contributed by atoms with Crippen LogP contribution in [0.3, 0.4) is 0 Å². The Hall–Kier alpha value is -3.95. The van der Waals surface area contributed by atoms with Gasteiger partial charge in [-0.15, -0.1) is 0 Å². The van der Waals surface area contributed by atoms with Gasteiger partial charge in [-0.3, -0.25) is 24.5 Å². The van der Waals surface area contributed by atoms with Crippen molar-refractivity contribution in [1.29, 1.82) is 0 Å². The van der Waals surface area contributed by atoms with Crippen LogP contribution in [0.5, 0.6) is 5.75 Å². The Balaban J connectivity index is 1.74. The number of nitro groups is 1. The molecule has 0 aliphatic carbocycles. The Labute approximate surface area is 178 Å². The molecule has 2 N–H and O–H groups in total. The van der Waals surface area contributed by atoms with Crippen LogP contribution >= 0.6 is 0 Å². The van der Waals surface area contributed by atoms with Gasteiger partial charge in [0.05, 0.1) is 30.4 Å². The normalized spacial score (nSPS) is 10.1. The number of carbonyl (C=O) groups excluding carboxylic acids is 3. The van der Waals surface area contributed by atoms with E-state index in [0.717, 1.165) is 5.56 Å². The second-order valence-electron chi connectivity index (χ2n) is 6.34. The van der Waals surface area contributed by atoms with Crippen molar-refractivity contribution in [2.45, 2.75) is 19.8 Å². The predicted molar refractivity (Wildman–Crippen MR) is 112 cm³/mol. The first-order valence-electron chi connectivity index (χ1n) is 9.56. The maximum absolute atomic E-state index is 12.0. The molecular weight excluding hydrogens is 406 g/mol. The van der Waals surface area contributed by atoms with Crippen molar-refractivity contribution < 1.29 is 28.8 Å². The topological polar surface area (TPSA) is 137 Å². The Bertz CT molecular complexity index is 932. The predicted octanol–water partition coefficient (Wildman–Crippen LogP) is 2.22. The van der Waals surface area contributed by atoms with E-state index in [4.69, 9.17) is 9.47 Å². The molecule has 0 radical (unpaired) electrons. The summed E-state index contributed by atoms with van der Waals surface area (Å²) < 4.78 is 10.0. The number of hydrogen-bond donors (Lipinski definition) is 2. The molecule has 10 heteroatoms. The zero-order chi connectivity index (χ0) is 22.6. The van der Waals surface area contributed by atoms with E-state index in [9.17, 15) is 24.5 Å². The summed E-state index contributed by atoms with van der Waals surface area (Å²) in [5.74, 6) is -1.35. The number of nitrogens with one attached hydrogen (secondary N) is 2. The third-order valence-electron chi connectivity index (χ3n) is 3.97. The van der Waals surface area contributed by atoms with E-state index >= 15 is 0 Å². The highest BCUT2D eigenvalue weighted by molar-refractivity contribution is 5.95. The van der Waals surface area contributed by atoms with Gasteiger partial charge >= 0.3 is 5.97 Å². The molecule has 0 aromatic heterocycles. The number of amides is 2. The highest BCUT2D eigenvalue weighted by Gasteiger charge is 2.18. The molecule has 0 heterocycles. The first kappa shape index (κ1) is 23.3. The highest BCUT2D eigenvalue weighted by Crippen LogP contribution is 2.29. The van der Waals surface area contributed by atoms with Gasteiger partial charge < -0.3 is 20.1 Å². The molecule has 2 amide bonds. The third-order valence-corrected chi connectivity index (χ3v) is 3.97. The Morgan fingerprint density at radius 1 is 1.06 bits per heavy atom. The molecule has 0 spiro atoms. The van der Waals surface area contributed by atoms with Gasteiger partial charge in [0.1, 0.15) is 11.4 Å². The second-order valence-corrected chi connectivity index (χ2v) is 6.34. The first-order valence-corrected chi connectivity index (χ1v) is 9.56. The fourth-order valence-corrected chi connectivity index (χ4v) is 2.58. The molecular formula is C21H23N3O7. The number of carbonyl (C=O) groups is 3. The molecule has 0 saturated carbocycles. The van der Waals surface area contributed by atoms with Crippen LogP contribution in [0.2, 0.25) is 0 Å². The summed E-state index contributed by atoms with van der Waals surface area (Å²) in [6, 6.07) is 13.2. The lowest BCUT2D eigenvalue weighted by Gasteiger charge is -2.09. The molecule has 0 bridgehead atoms. The largest absolute Gasteiger partial charge is 0.494 e. The molecule has 0 fully saturated rings. The van der Waals surface area contributed by atoms with Crippen LogP contribution in [0.4, 0.5) is 11.4 Å². The average Bonchev–Trinajstić information content (AvgIpc) is 2.74. The smallest absolute Gasteiger partial charge is 0.308 e. The third kappa shape index (κ3) is 8.13. The lowest BCUT2D eigenvalue weighted by Crippen LogP contribution is -2.28. The van der Waals surface area contributed by atoms with Gasteiger partial charge in [0.2, 0.25) is 5.91 Å². The summed E-state index contributed by atoms with van der Waals surface area (Å²) >= 11 is 0. The van der Waals surface area contributed by atoms with Crippen molar-refractivity contribution in [2.24, 2.45) is 0 Å². The van der Waals surface area contributed by atoms with E-state index in [1.165, 1.54) is 18.2 Å². The minimum Gasteiger partial charge on any atom is -0.494 e. The molecule has 2 aromatic carbocycles. The Morgan fingerprint density at radius 3 is 2.48 bits per heavy atom. The second kappa shape index (κ2) is 11.9. The zero-order valence-corrected chi connectivity index (χ0v) is 17.0. The molecule has 2 aromatic rings. The van der Waals surface area contributed by atoms with Gasteiger partial charge in [-0.1, -0.05) is 30.3 Å². The van der Waals surface area contributed by atoms with Crippen LogP contribution in [0.25, 0.3) is 0 Å². The van der Waals surface area contributed by atoms with Crippen molar-refractivity contribution in [3.63, 3.8) is 0 Å². The number of nitro benzene ring substituents is 1. The lowest BCUT2D eigenvalue weighted by atomic mass is 10.1. The number of benzene rings is 2. The van der Waals surface area contributed by atoms with E-state index in [-0.39, 0.29) is 36.7 Å². The van der Waals surface area contributed by atoms with Gasteiger partial charge in [-0.2, -0.15) is 0 Å². The molecule has 10 nitrogen and oxygen atoms in total. The van der Waals surface area contributed by atoms with Crippen LogP contribution < -0.4 is 15.4 Å². The minimum atomic E-state index is -0.728. The van der Waals surface area contributed by atoms with E-state index in [2.05, 4.69) is 10.6 Å². The monoisotopic (exact) mass is 429 g/mol. The summed E-state index contributed by atoms with van der Waals surface area (Å²) in [5, 5.41) is 16.1. The van der Waals surface area contributed by atoms with Crippen LogP contribution in [0.1, 0.15) is 18.9 Å². The van der Waals surface area contributed by atoms with E-state index < -0.39 is 23.4 Å². The maximum atomic E-state index is 12.0. The molecule has 2 rings (SSSR count). The van der Waals surface area contributed by atoms with E-state index in [1.807, 2.05) is 30.3 Å². The molecule has 0 aliphatic heterocycles. The lowest BCUT2D eigenvalue weighted by molar-refractivity contribution is -0.384. The van der Waals surface area contributed by atoms with E-state index in [1.54, 1.807) is 6.92 Å². The fraction of sp³-hybridized carbons (Fsp3) is 0.286. The van der Waals surface area contributed by atoms with Gasteiger partial charge in [0, 0.05) is 6.54 Å². The summed E-state index contributed by atoms with van der Waals surface area (Å²) in [4.78, 5) is 46.1. The summed E-state index contributed by atoms with van der Waals surface area (Å²) in [7, 11) is 0. The van der Waals surface area contributed by atoms with Gasteiger partial charge in [-0.05, 0) is 24.6 Å². The minimum absolute atomic E-state index is 0.0392. The highest BCUT2D eigenvalue weighted by atomic mass is 16.6. The van der Waals surface area contributed by atoms with Crippen LogP contribution in [-0.2, 0) is 25.5 Å². The van der Waals surface area contributed by atoms with Crippen molar-refractivity contribution >= 4 is 29.2 Å². The average molecular weight is 429 g/mol. The summed E-state index contributed by atoms with van der Waals surface area (Å²) in [5.41, 5.74) is 0.470. The summed E-state index contributed by atoms with van der Waals surface area (Å²) in [6.07, 6.45) is 0.0795. The van der Waals surface area contributed by atoms with Crippen molar-refractivity contribution in [2.75, 3.05) is 25.1 Å². The number of nitrogens with zero attached hydrogens (tertiary/aromatic N) is 1. The number of anilines is 1. The molecule has 31 heavy (non-hydrogen) atoms. The van der Waals surface area contributed by atoms with Crippen molar-refractivity contribution in [1.82, 2.24) is 5.32 Å². The number of ether oxygens (including phenoxy) is 2. The molecule has 0 saturated heterocycles. The summed E-state index contributed by atoms with van der Waals surface area (Å²) in [6.45, 7) is 1.54.